The molecule has 2 heterocycles. The molecule has 0 saturated heterocycles. The highest BCUT2D eigenvalue weighted by Gasteiger charge is 2.16. The van der Waals surface area contributed by atoms with E-state index in [1.54, 1.807) is 20.2 Å². The van der Waals surface area contributed by atoms with Gasteiger partial charge in [0.1, 0.15) is 12.1 Å². The van der Waals surface area contributed by atoms with E-state index in [2.05, 4.69) is 15.3 Å². The first-order valence-electron chi connectivity index (χ1n) is 8.21. The lowest BCUT2D eigenvalue weighted by Crippen LogP contribution is -2.22. The van der Waals surface area contributed by atoms with Crippen LogP contribution in [0.3, 0.4) is 0 Å². The smallest absolute Gasteiger partial charge is 0.255 e. The maximum absolute atomic E-state index is 12.4. The Morgan fingerprint density at radius 1 is 1.15 bits per heavy atom. The Morgan fingerprint density at radius 2 is 2.00 bits per heavy atom. The van der Waals surface area contributed by atoms with Crippen molar-refractivity contribution >= 4 is 22.6 Å². The third kappa shape index (κ3) is 2.88. The van der Waals surface area contributed by atoms with Crippen molar-refractivity contribution < 1.29 is 14.3 Å². The van der Waals surface area contributed by atoms with E-state index in [-0.39, 0.29) is 12.7 Å². The highest BCUT2D eigenvalue weighted by molar-refractivity contribution is 6.07. The van der Waals surface area contributed by atoms with Gasteiger partial charge in [-0.05, 0) is 29.8 Å². The van der Waals surface area contributed by atoms with Crippen molar-refractivity contribution in [2.24, 2.45) is 0 Å². The highest BCUT2D eigenvalue weighted by Crippen LogP contribution is 2.32. The average Bonchev–Trinajstić information content (AvgIpc) is 3.13. The van der Waals surface area contributed by atoms with E-state index >= 15 is 0 Å². The van der Waals surface area contributed by atoms with Gasteiger partial charge in [0.25, 0.3) is 5.91 Å². The van der Waals surface area contributed by atoms with Gasteiger partial charge in [-0.15, -0.1) is 0 Å². The third-order valence-electron chi connectivity index (χ3n) is 4.20. The number of benzene rings is 2. The van der Waals surface area contributed by atoms with Crippen LogP contribution in [-0.2, 0) is 6.54 Å². The molecular weight excluding hydrogens is 332 g/mol. The minimum absolute atomic E-state index is 0.0870. The molecule has 7 nitrogen and oxygen atoms in total. The topological polar surface area (TPSA) is 76.6 Å². The number of aromatic nitrogens is 2. The number of anilines is 1. The van der Waals surface area contributed by atoms with Crippen LogP contribution in [0.15, 0.2) is 42.7 Å². The molecule has 0 fully saturated rings. The second-order valence-corrected chi connectivity index (χ2v) is 6.16. The zero-order chi connectivity index (χ0) is 18.1. The van der Waals surface area contributed by atoms with Crippen LogP contribution in [-0.4, -0.2) is 41.7 Å². The van der Waals surface area contributed by atoms with Crippen LogP contribution in [0.5, 0.6) is 11.5 Å². The van der Waals surface area contributed by atoms with E-state index in [9.17, 15) is 4.79 Å². The minimum Gasteiger partial charge on any atom is -0.454 e. The molecule has 1 amide bonds. The predicted molar refractivity (Wildman–Crippen MR) is 97.4 cm³/mol. The van der Waals surface area contributed by atoms with Crippen LogP contribution < -0.4 is 14.8 Å². The molecule has 0 unspecified atom stereocenters. The quantitative estimate of drug-likeness (QED) is 0.780. The van der Waals surface area contributed by atoms with Crippen LogP contribution in [0.1, 0.15) is 15.9 Å². The number of nitrogens with one attached hydrogen (secondary N) is 1. The summed E-state index contributed by atoms with van der Waals surface area (Å²) in [6, 6.07) is 11.3. The lowest BCUT2D eigenvalue weighted by molar-refractivity contribution is 0.0829. The van der Waals surface area contributed by atoms with Gasteiger partial charge in [0.15, 0.2) is 11.5 Å². The van der Waals surface area contributed by atoms with E-state index in [0.29, 0.717) is 23.4 Å². The second kappa shape index (κ2) is 6.51. The van der Waals surface area contributed by atoms with E-state index in [4.69, 9.17) is 9.47 Å². The van der Waals surface area contributed by atoms with Crippen molar-refractivity contribution in [3.8, 4) is 11.5 Å². The van der Waals surface area contributed by atoms with Crippen molar-refractivity contribution in [3.05, 3.63) is 53.9 Å². The van der Waals surface area contributed by atoms with Gasteiger partial charge in [-0.1, -0.05) is 12.1 Å². The molecule has 1 aliphatic heterocycles. The summed E-state index contributed by atoms with van der Waals surface area (Å²) < 4.78 is 10.7. The van der Waals surface area contributed by atoms with Crippen LogP contribution in [0, 0.1) is 0 Å². The number of carbonyl (C=O) groups excluding carboxylic acids is 1. The molecule has 0 saturated carbocycles. The van der Waals surface area contributed by atoms with E-state index in [1.807, 2.05) is 30.3 Å². The highest BCUT2D eigenvalue weighted by atomic mass is 16.7. The van der Waals surface area contributed by atoms with E-state index in [0.717, 1.165) is 22.4 Å². The molecule has 26 heavy (non-hydrogen) atoms. The summed E-state index contributed by atoms with van der Waals surface area (Å²) in [5.41, 5.74) is 2.23. The number of amides is 1. The van der Waals surface area contributed by atoms with Gasteiger partial charge in [0, 0.05) is 26.0 Å². The molecule has 0 bridgehead atoms. The predicted octanol–water partition coefficient (Wildman–Crippen LogP) is 2.67. The zero-order valence-electron chi connectivity index (χ0n) is 14.5. The van der Waals surface area contributed by atoms with E-state index < -0.39 is 0 Å². The Morgan fingerprint density at radius 3 is 2.85 bits per heavy atom. The lowest BCUT2D eigenvalue weighted by atomic mass is 10.1. The number of rotatable bonds is 4. The van der Waals surface area contributed by atoms with Crippen molar-refractivity contribution in [2.75, 3.05) is 26.2 Å². The fourth-order valence-corrected chi connectivity index (χ4v) is 2.88. The Hall–Kier alpha value is -3.35. The SMILES string of the molecule is CN(C)C(=O)c1cccc2c(NCc3ccc4c(c3)OCO4)ncnc12. The van der Waals surface area contributed by atoms with Gasteiger partial charge >= 0.3 is 0 Å². The molecular formula is C19H18N4O3. The first kappa shape index (κ1) is 16.1. The normalized spacial score (nSPS) is 12.2. The molecule has 132 valence electrons. The summed E-state index contributed by atoms with van der Waals surface area (Å²) in [6.07, 6.45) is 1.47. The fourth-order valence-electron chi connectivity index (χ4n) is 2.88. The van der Waals surface area contributed by atoms with Crippen molar-refractivity contribution in [1.29, 1.82) is 0 Å². The number of nitrogens with zero attached hydrogens (tertiary/aromatic N) is 3. The number of fused-ring (bicyclic) bond motifs is 2. The lowest BCUT2D eigenvalue weighted by Gasteiger charge is -2.13. The summed E-state index contributed by atoms with van der Waals surface area (Å²) in [6.45, 7) is 0.819. The van der Waals surface area contributed by atoms with Gasteiger partial charge in [-0.2, -0.15) is 0 Å². The largest absolute Gasteiger partial charge is 0.454 e. The maximum Gasteiger partial charge on any atom is 0.255 e. The number of para-hydroxylation sites is 1. The molecule has 4 rings (SSSR count). The standard InChI is InChI=1S/C19H18N4O3/c1-23(2)19(24)14-5-3-4-13-17(14)21-10-22-18(13)20-9-12-6-7-15-16(8-12)26-11-25-15/h3-8,10H,9,11H2,1-2H3,(H,20,21,22). The van der Waals surface area contributed by atoms with Gasteiger partial charge < -0.3 is 19.7 Å². The summed E-state index contributed by atoms with van der Waals surface area (Å²) in [5.74, 6) is 2.10. The van der Waals surface area contributed by atoms with Crippen LogP contribution in [0.4, 0.5) is 5.82 Å². The van der Waals surface area contributed by atoms with Crippen molar-refractivity contribution in [2.45, 2.75) is 6.54 Å². The number of carbonyl (C=O) groups is 1. The van der Waals surface area contributed by atoms with Gasteiger partial charge in [-0.25, -0.2) is 9.97 Å². The molecule has 0 radical (unpaired) electrons. The summed E-state index contributed by atoms with van der Waals surface area (Å²) in [5, 5.41) is 4.12. The number of hydrogen-bond acceptors (Lipinski definition) is 6. The van der Waals surface area contributed by atoms with Gasteiger partial charge in [-0.3, -0.25) is 4.79 Å². The van der Waals surface area contributed by atoms with E-state index in [1.165, 1.54) is 11.2 Å². The average molecular weight is 350 g/mol. The monoisotopic (exact) mass is 350 g/mol. The van der Waals surface area contributed by atoms with Crippen LogP contribution in [0.25, 0.3) is 10.9 Å². The minimum atomic E-state index is -0.0870. The Labute approximate surface area is 150 Å². The molecule has 0 atom stereocenters. The molecule has 2 aromatic carbocycles. The summed E-state index contributed by atoms with van der Waals surface area (Å²) >= 11 is 0. The molecule has 7 heteroatoms. The molecule has 0 spiro atoms. The second-order valence-electron chi connectivity index (χ2n) is 6.16. The van der Waals surface area contributed by atoms with Gasteiger partial charge in [0.05, 0.1) is 11.1 Å². The first-order valence-corrected chi connectivity index (χ1v) is 8.21. The molecule has 0 aliphatic carbocycles. The Kier molecular flexibility index (Phi) is 4.04. The molecule has 3 aromatic rings. The first-order chi connectivity index (χ1) is 12.6. The van der Waals surface area contributed by atoms with Crippen LogP contribution >= 0.6 is 0 Å². The van der Waals surface area contributed by atoms with Crippen molar-refractivity contribution in [1.82, 2.24) is 14.9 Å². The Bertz CT molecular complexity index is 988. The van der Waals surface area contributed by atoms with Gasteiger partial charge in [0.2, 0.25) is 6.79 Å². The molecule has 1 N–H and O–H groups in total. The number of ether oxygens (including phenoxy) is 2. The zero-order valence-corrected chi connectivity index (χ0v) is 14.5. The summed E-state index contributed by atoms with van der Waals surface area (Å²) in [4.78, 5) is 22.6. The molecule has 1 aromatic heterocycles. The fraction of sp³-hybridized carbons (Fsp3) is 0.211. The maximum atomic E-state index is 12.4. The molecule has 1 aliphatic rings. The number of hydrogen-bond donors (Lipinski definition) is 1. The Balaban J connectivity index is 1.63. The summed E-state index contributed by atoms with van der Waals surface area (Å²) in [7, 11) is 3.45. The third-order valence-corrected chi connectivity index (χ3v) is 4.20. The van der Waals surface area contributed by atoms with Crippen molar-refractivity contribution in [3.63, 3.8) is 0 Å². The van der Waals surface area contributed by atoms with Crippen LogP contribution in [0.2, 0.25) is 0 Å².